The van der Waals surface area contributed by atoms with Crippen LogP contribution in [-0.4, -0.2) is 30.9 Å². The third-order valence-corrected chi connectivity index (χ3v) is 3.61. The van der Waals surface area contributed by atoms with Crippen LogP contribution in [0.3, 0.4) is 0 Å². The largest absolute Gasteiger partial charge is 0.496 e. The van der Waals surface area contributed by atoms with E-state index < -0.39 is 0 Å². The zero-order valence-electron chi connectivity index (χ0n) is 10.6. The molecular formula is C13H17N3OS. The molecule has 0 radical (unpaired) electrons. The van der Waals surface area contributed by atoms with Crippen LogP contribution in [-0.2, 0) is 12.8 Å². The molecule has 5 heteroatoms. The fourth-order valence-corrected chi connectivity index (χ4v) is 2.57. The topological polar surface area (TPSA) is 47.0 Å². The summed E-state index contributed by atoms with van der Waals surface area (Å²) in [5.41, 5.74) is 1.15. The van der Waals surface area contributed by atoms with E-state index in [1.54, 1.807) is 18.4 Å². The van der Waals surface area contributed by atoms with E-state index >= 15 is 0 Å². The van der Waals surface area contributed by atoms with E-state index in [0.717, 1.165) is 40.7 Å². The summed E-state index contributed by atoms with van der Waals surface area (Å²) in [4.78, 5) is 0. The summed E-state index contributed by atoms with van der Waals surface area (Å²) in [6, 6.07) is 8.02. The molecule has 2 rings (SSSR count). The molecule has 0 aliphatic heterocycles. The molecule has 96 valence electrons. The summed E-state index contributed by atoms with van der Waals surface area (Å²) < 4.78 is 5.34. The lowest BCUT2D eigenvalue weighted by atomic mass is 10.1. The quantitative estimate of drug-likeness (QED) is 0.864. The molecule has 1 aromatic carbocycles. The first-order valence-electron chi connectivity index (χ1n) is 5.91. The molecule has 0 saturated carbocycles. The smallest absolute Gasteiger partial charge is 0.122 e. The Morgan fingerprint density at radius 3 is 2.78 bits per heavy atom. The molecule has 0 spiro atoms. The fraction of sp³-hybridized carbons (Fsp3) is 0.385. The third kappa shape index (κ3) is 3.27. The van der Waals surface area contributed by atoms with Gasteiger partial charge in [-0.15, -0.1) is 21.5 Å². The predicted molar refractivity (Wildman–Crippen MR) is 73.3 cm³/mol. The fourth-order valence-electron chi connectivity index (χ4n) is 1.70. The van der Waals surface area contributed by atoms with E-state index in [2.05, 4.69) is 21.6 Å². The summed E-state index contributed by atoms with van der Waals surface area (Å²) in [5.74, 6) is 0.907. The number of nitrogens with zero attached hydrogens (tertiary/aromatic N) is 2. The number of methoxy groups -OCH3 is 1. The number of hydrogen-bond acceptors (Lipinski definition) is 5. The number of ether oxygens (including phenoxy) is 1. The molecule has 1 heterocycles. The highest BCUT2D eigenvalue weighted by Gasteiger charge is 2.08. The molecule has 0 fully saturated rings. The molecular weight excluding hydrogens is 246 g/mol. The molecule has 1 N–H and O–H groups in total. The average molecular weight is 263 g/mol. The Bertz CT molecular complexity index is 498. The first-order chi connectivity index (χ1) is 8.83. The summed E-state index contributed by atoms with van der Waals surface area (Å²) in [6.07, 6.45) is 1.71. The van der Waals surface area contributed by atoms with Gasteiger partial charge in [0.25, 0.3) is 0 Å². The highest BCUT2D eigenvalue weighted by molar-refractivity contribution is 7.11. The van der Waals surface area contributed by atoms with Gasteiger partial charge in [-0.05, 0) is 13.1 Å². The van der Waals surface area contributed by atoms with Crippen molar-refractivity contribution in [2.75, 3.05) is 20.7 Å². The predicted octanol–water partition coefficient (Wildman–Crippen LogP) is 1.90. The van der Waals surface area contributed by atoms with Crippen molar-refractivity contribution in [3.63, 3.8) is 0 Å². The number of benzene rings is 1. The minimum Gasteiger partial charge on any atom is -0.496 e. The SMILES string of the molecule is CNCCc1nnc(Cc2ccccc2OC)s1. The molecule has 0 bridgehead atoms. The molecule has 0 saturated heterocycles. The number of hydrogen-bond donors (Lipinski definition) is 1. The van der Waals surface area contributed by atoms with Crippen molar-refractivity contribution in [3.05, 3.63) is 39.8 Å². The molecule has 2 aromatic rings. The first-order valence-corrected chi connectivity index (χ1v) is 6.73. The van der Waals surface area contributed by atoms with Gasteiger partial charge in [-0.2, -0.15) is 0 Å². The molecule has 0 atom stereocenters. The Balaban J connectivity index is 2.06. The normalized spacial score (nSPS) is 10.6. The van der Waals surface area contributed by atoms with Gasteiger partial charge in [0.15, 0.2) is 0 Å². The molecule has 0 aliphatic rings. The van der Waals surface area contributed by atoms with Crippen LogP contribution in [0.4, 0.5) is 0 Å². The van der Waals surface area contributed by atoms with E-state index in [0.29, 0.717) is 0 Å². The number of aromatic nitrogens is 2. The summed E-state index contributed by atoms with van der Waals surface area (Å²) in [5, 5.41) is 13.6. The highest BCUT2D eigenvalue weighted by Crippen LogP contribution is 2.22. The standard InChI is InChI=1S/C13H17N3OS/c1-14-8-7-12-15-16-13(18-12)9-10-5-3-4-6-11(10)17-2/h3-6,14H,7-9H2,1-2H3. The lowest BCUT2D eigenvalue weighted by molar-refractivity contribution is 0.410. The maximum absolute atomic E-state index is 5.34. The second kappa shape index (κ2) is 6.47. The van der Waals surface area contributed by atoms with Crippen LogP contribution >= 0.6 is 11.3 Å². The second-order valence-electron chi connectivity index (χ2n) is 3.93. The Hall–Kier alpha value is -1.46. The minimum absolute atomic E-state index is 0.779. The van der Waals surface area contributed by atoms with E-state index in [4.69, 9.17) is 4.74 Å². The molecule has 4 nitrogen and oxygen atoms in total. The summed E-state index contributed by atoms with van der Waals surface area (Å²) >= 11 is 1.67. The van der Waals surface area contributed by atoms with Crippen LogP contribution in [0.15, 0.2) is 24.3 Å². The van der Waals surface area contributed by atoms with Gasteiger partial charge in [0, 0.05) is 24.9 Å². The van der Waals surface area contributed by atoms with Crippen LogP contribution in [0.1, 0.15) is 15.6 Å². The van der Waals surface area contributed by atoms with Crippen LogP contribution in [0, 0.1) is 0 Å². The highest BCUT2D eigenvalue weighted by atomic mass is 32.1. The molecule has 18 heavy (non-hydrogen) atoms. The first kappa shape index (κ1) is 13.0. The average Bonchev–Trinajstić information content (AvgIpc) is 2.84. The second-order valence-corrected chi connectivity index (χ2v) is 5.08. The van der Waals surface area contributed by atoms with Gasteiger partial charge in [-0.1, -0.05) is 18.2 Å². The lowest BCUT2D eigenvalue weighted by Crippen LogP contribution is -2.09. The van der Waals surface area contributed by atoms with Gasteiger partial charge in [-0.25, -0.2) is 0 Å². The third-order valence-electron chi connectivity index (χ3n) is 2.63. The number of para-hydroxylation sites is 1. The Morgan fingerprint density at radius 1 is 1.22 bits per heavy atom. The zero-order chi connectivity index (χ0) is 12.8. The van der Waals surface area contributed by atoms with Crippen LogP contribution < -0.4 is 10.1 Å². The molecule has 0 unspecified atom stereocenters. The van der Waals surface area contributed by atoms with Crippen molar-refractivity contribution in [3.8, 4) is 5.75 Å². The maximum atomic E-state index is 5.34. The number of rotatable bonds is 6. The van der Waals surface area contributed by atoms with E-state index in [9.17, 15) is 0 Å². The Kier molecular flexibility index (Phi) is 4.66. The minimum atomic E-state index is 0.779. The van der Waals surface area contributed by atoms with Crippen LogP contribution in [0.25, 0.3) is 0 Å². The van der Waals surface area contributed by atoms with E-state index in [-0.39, 0.29) is 0 Å². The molecule has 1 aromatic heterocycles. The maximum Gasteiger partial charge on any atom is 0.122 e. The summed E-state index contributed by atoms with van der Waals surface area (Å²) in [6.45, 7) is 0.934. The Morgan fingerprint density at radius 2 is 2.00 bits per heavy atom. The van der Waals surface area contributed by atoms with Crippen molar-refractivity contribution in [2.45, 2.75) is 12.8 Å². The zero-order valence-corrected chi connectivity index (χ0v) is 11.5. The van der Waals surface area contributed by atoms with Crippen LogP contribution in [0.5, 0.6) is 5.75 Å². The van der Waals surface area contributed by atoms with Crippen molar-refractivity contribution < 1.29 is 4.74 Å². The number of likely N-dealkylation sites (N-methyl/N-ethyl adjacent to an activating group) is 1. The van der Waals surface area contributed by atoms with Gasteiger partial charge < -0.3 is 10.1 Å². The van der Waals surface area contributed by atoms with Crippen molar-refractivity contribution in [1.82, 2.24) is 15.5 Å². The van der Waals surface area contributed by atoms with Crippen molar-refractivity contribution in [2.24, 2.45) is 0 Å². The van der Waals surface area contributed by atoms with E-state index in [1.165, 1.54) is 0 Å². The van der Waals surface area contributed by atoms with Crippen molar-refractivity contribution >= 4 is 11.3 Å². The van der Waals surface area contributed by atoms with Gasteiger partial charge in [0.2, 0.25) is 0 Å². The van der Waals surface area contributed by atoms with Crippen LogP contribution in [0.2, 0.25) is 0 Å². The molecule has 0 aliphatic carbocycles. The Labute approximate surface area is 111 Å². The van der Waals surface area contributed by atoms with Gasteiger partial charge in [0.1, 0.15) is 15.8 Å². The monoisotopic (exact) mass is 263 g/mol. The van der Waals surface area contributed by atoms with Crippen molar-refractivity contribution in [1.29, 1.82) is 0 Å². The van der Waals surface area contributed by atoms with E-state index in [1.807, 2.05) is 25.2 Å². The molecule has 0 amide bonds. The summed E-state index contributed by atoms with van der Waals surface area (Å²) in [7, 11) is 3.63. The lowest BCUT2D eigenvalue weighted by Gasteiger charge is -2.05. The van der Waals surface area contributed by atoms with Gasteiger partial charge >= 0.3 is 0 Å². The van der Waals surface area contributed by atoms with Gasteiger partial charge in [0.05, 0.1) is 7.11 Å². The number of nitrogens with one attached hydrogen (secondary N) is 1. The van der Waals surface area contributed by atoms with Gasteiger partial charge in [-0.3, -0.25) is 0 Å².